The average molecular weight is 322 g/mol. The molecule has 0 amide bonds. The van der Waals surface area contributed by atoms with E-state index >= 15 is 0 Å². The zero-order valence-electron chi connectivity index (χ0n) is 11.7. The first-order chi connectivity index (χ1) is 9.33. The minimum Gasteiger partial charge on any atom is -0.312 e. The first-order valence-corrected chi connectivity index (χ1v) is 9.13. The van der Waals surface area contributed by atoms with E-state index in [0.717, 1.165) is 5.56 Å². The highest BCUT2D eigenvalue weighted by Crippen LogP contribution is 2.46. The summed E-state index contributed by atoms with van der Waals surface area (Å²) < 4.78 is 49.8. The predicted octanol–water partition coefficient (Wildman–Crippen LogP) is 2.58. The number of benzene rings is 1. The lowest BCUT2D eigenvalue weighted by molar-refractivity contribution is 0.267. The van der Waals surface area contributed by atoms with Crippen LogP contribution in [0.25, 0.3) is 0 Å². The molecule has 8 heteroatoms. The van der Waals surface area contributed by atoms with Gasteiger partial charge in [0.25, 0.3) is 10.1 Å². The second-order valence-electron chi connectivity index (χ2n) is 4.14. The van der Waals surface area contributed by atoms with Crippen molar-refractivity contribution in [2.75, 3.05) is 27.0 Å². The van der Waals surface area contributed by atoms with Crippen LogP contribution in [0.5, 0.6) is 0 Å². The van der Waals surface area contributed by atoms with Crippen LogP contribution in [0.4, 0.5) is 0 Å². The van der Waals surface area contributed by atoms with Crippen LogP contribution < -0.4 is 0 Å². The fourth-order valence-corrected chi connectivity index (χ4v) is 3.43. The molecule has 0 N–H and O–H groups in total. The molecule has 0 heterocycles. The summed E-state index contributed by atoms with van der Waals surface area (Å²) in [6.45, 7) is 1.79. The minimum atomic E-state index is -3.78. The summed E-state index contributed by atoms with van der Waals surface area (Å²) in [6.07, 6.45) is 0.355. The van der Waals surface area contributed by atoms with Crippen molar-refractivity contribution in [2.45, 2.75) is 18.2 Å². The monoisotopic (exact) mass is 322 g/mol. The molecule has 0 fully saturated rings. The summed E-state index contributed by atoms with van der Waals surface area (Å²) in [5.74, 6) is 0. The van der Waals surface area contributed by atoms with E-state index in [1.165, 1.54) is 26.4 Å². The Bertz CT molecular complexity index is 558. The fraction of sp³-hybridized carbons (Fsp3) is 0.500. The van der Waals surface area contributed by atoms with Crippen LogP contribution in [-0.4, -0.2) is 35.4 Å². The van der Waals surface area contributed by atoms with Gasteiger partial charge in [0.1, 0.15) is 0 Å². The quantitative estimate of drug-likeness (QED) is 0.416. The van der Waals surface area contributed by atoms with Gasteiger partial charge in [-0.3, -0.25) is 8.75 Å². The van der Waals surface area contributed by atoms with Crippen LogP contribution in [0.1, 0.15) is 12.0 Å². The highest BCUT2D eigenvalue weighted by Gasteiger charge is 2.21. The molecule has 20 heavy (non-hydrogen) atoms. The summed E-state index contributed by atoms with van der Waals surface area (Å²) in [6, 6.07) is 6.36. The molecule has 0 saturated heterocycles. The molecule has 1 aromatic carbocycles. The lowest BCUT2D eigenvalue weighted by atomic mass is 10.2. The summed E-state index contributed by atoms with van der Waals surface area (Å²) in [7, 11) is -4.32. The van der Waals surface area contributed by atoms with Crippen LogP contribution >= 0.6 is 7.60 Å². The van der Waals surface area contributed by atoms with Crippen molar-refractivity contribution in [1.29, 1.82) is 0 Å². The van der Waals surface area contributed by atoms with Crippen molar-refractivity contribution < 1.29 is 26.2 Å². The fourth-order valence-electron chi connectivity index (χ4n) is 1.46. The van der Waals surface area contributed by atoms with Gasteiger partial charge in [-0.1, -0.05) is 17.7 Å². The molecular formula is C12H19O6PS. The van der Waals surface area contributed by atoms with Crippen molar-refractivity contribution in [2.24, 2.45) is 0 Å². The molecule has 0 atom stereocenters. The van der Waals surface area contributed by atoms with Crippen molar-refractivity contribution in [3.8, 4) is 0 Å². The zero-order chi connectivity index (χ0) is 15.2. The Morgan fingerprint density at radius 2 is 1.65 bits per heavy atom. The van der Waals surface area contributed by atoms with E-state index in [4.69, 9.17) is 13.2 Å². The summed E-state index contributed by atoms with van der Waals surface area (Å²) in [4.78, 5) is 0.102. The summed E-state index contributed by atoms with van der Waals surface area (Å²) in [5, 5.41) is 0. The Balaban J connectivity index is 2.53. The van der Waals surface area contributed by atoms with Crippen molar-refractivity contribution in [3.63, 3.8) is 0 Å². The Hall–Kier alpha value is -0.720. The molecule has 0 aromatic heterocycles. The standard InChI is InChI=1S/C12H19O6PS/c1-11-5-7-12(8-6-11)20(14,15)18-9-4-10-19(13,16-2)17-3/h5-8H,4,9-10H2,1-3H3. The Morgan fingerprint density at radius 3 is 2.15 bits per heavy atom. The highest BCUT2D eigenvalue weighted by molar-refractivity contribution is 7.86. The SMILES string of the molecule is COP(=O)(CCCOS(=O)(=O)c1ccc(C)cc1)OC. The molecule has 6 nitrogen and oxygen atoms in total. The van der Waals surface area contributed by atoms with Crippen LogP contribution in [0, 0.1) is 6.92 Å². The molecule has 0 aliphatic heterocycles. The maximum absolute atomic E-state index is 11.9. The van der Waals surface area contributed by atoms with Gasteiger partial charge in [-0.15, -0.1) is 0 Å². The molecule has 0 bridgehead atoms. The number of aryl methyl sites for hydroxylation is 1. The third-order valence-electron chi connectivity index (χ3n) is 2.68. The van der Waals surface area contributed by atoms with Crippen LogP contribution in [-0.2, 0) is 27.9 Å². The molecule has 0 saturated carbocycles. The lowest BCUT2D eigenvalue weighted by Gasteiger charge is -2.13. The first kappa shape index (κ1) is 17.3. The molecule has 1 rings (SSSR count). The third-order valence-corrected chi connectivity index (χ3v) is 5.98. The van der Waals surface area contributed by atoms with Gasteiger partial charge in [-0.05, 0) is 25.5 Å². The van der Waals surface area contributed by atoms with Crippen LogP contribution in [0.15, 0.2) is 29.2 Å². The molecule has 0 unspecified atom stereocenters. The molecule has 0 aliphatic rings. The van der Waals surface area contributed by atoms with Crippen LogP contribution in [0.2, 0.25) is 0 Å². The smallest absolute Gasteiger partial charge is 0.312 e. The van der Waals surface area contributed by atoms with Gasteiger partial charge in [0.2, 0.25) is 0 Å². The summed E-state index contributed by atoms with van der Waals surface area (Å²) in [5.41, 5.74) is 0.963. The molecule has 0 aliphatic carbocycles. The Morgan fingerprint density at radius 1 is 1.10 bits per heavy atom. The molecule has 0 spiro atoms. The molecular weight excluding hydrogens is 303 g/mol. The van der Waals surface area contributed by atoms with E-state index in [9.17, 15) is 13.0 Å². The zero-order valence-corrected chi connectivity index (χ0v) is 13.4. The maximum Gasteiger partial charge on any atom is 0.330 e. The van der Waals surface area contributed by atoms with Crippen molar-refractivity contribution >= 4 is 17.7 Å². The second kappa shape index (κ2) is 7.33. The van der Waals surface area contributed by atoms with Gasteiger partial charge in [0.05, 0.1) is 17.7 Å². The molecule has 114 valence electrons. The van der Waals surface area contributed by atoms with E-state index in [1.54, 1.807) is 12.1 Å². The number of hydrogen-bond acceptors (Lipinski definition) is 6. The minimum absolute atomic E-state index is 0.0765. The van der Waals surface area contributed by atoms with E-state index in [1.807, 2.05) is 6.92 Å². The van der Waals surface area contributed by atoms with Gasteiger partial charge in [0, 0.05) is 14.2 Å². The normalized spacial score (nSPS) is 12.6. The number of rotatable bonds is 8. The maximum atomic E-state index is 11.9. The van der Waals surface area contributed by atoms with Crippen LogP contribution in [0.3, 0.4) is 0 Å². The largest absolute Gasteiger partial charge is 0.330 e. The topological polar surface area (TPSA) is 78.9 Å². The Labute approximate surface area is 119 Å². The van der Waals surface area contributed by atoms with E-state index < -0.39 is 17.7 Å². The lowest BCUT2D eigenvalue weighted by Crippen LogP contribution is -2.09. The van der Waals surface area contributed by atoms with Gasteiger partial charge in [-0.2, -0.15) is 8.42 Å². The second-order valence-corrected chi connectivity index (χ2v) is 8.16. The van der Waals surface area contributed by atoms with E-state index in [-0.39, 0.29) is 24.1 Å². The van der Waals surface area contributed by atoms with Gasteiger partial charge in [0.15, 0.2) is 0 Å². The van der Waals surface area contributed by atoms with Crippen molar-refractivity contribution in [3.05, 3.63) is 29.8 Å². The Kier molecular flexibility index (Phi) is 6.36. The van der Waals surface area contributed by atoms with Gasteiger partial charge in [-0.25, -0.2) is 0 Å². The average Bonchev–Trinajstić information content (AvgIpc) is 2.44. The van der Waals surface area contributed by atoms with E-state index in [0.29, 0.717) is 0 Å². The number of hydrogen-bond donors (Lipinski definition) is 0. The molecule has 0 radical (unpaired) electrons. The first-order valence-electron chi connectivity index (χ1n) is 5.99. The molecule has 1 aromatic rings. The summed E-state index contributed by atoms with van der Waals surface area (Å²) >= 11 is 0. The van der Waals surface area contributed by atoms with E-state index in [2.05, 4.69) is 0 Å². The highest BCUT2D eigenvalue weighted by atomic mass is 32.2. The third kappa shape index (κ3) is 5.00. The van der Waals surface area contributed by atoms with Crippen molar-refractivity contribution in [1.82, 2.24) is 0 Å². The predicted molar refractivity (Wildman–Crippen MR) is 75.4 cm³/mol. The van der Waals surface area contributed by atoms with Gasteiger partial charge >= 0.3 is 7.60 Å². The van der Waals surface area contributed by atoms with Gasteiger partial charge < -0.3 is 9.05 Å².